The van der Waals surface area contributed by atoms with Gasteiger partial charge in [-0.1, -0.05) is 12.1 Å². The summed E-state index contributed by atoms with van der Waals surface area (Å²) in [5.74, 6) is 0.0383. The van der Waals surface area contributed by atoms with Crippen LogP contribution in [0, 0.1) is 0 Å². The first kappa shape index (κ1) is 17.0. The van der Waals surface area contributed by atoms with Gasteiger partial charge in [0.1, 0.15) is 0 Å². The Morgan fingerprint density at radius 1 is 1.18 bits per heavy atom. The lowest BCUT2D eigenvalue weighted by molar-refractivity contribution is 0.0793. The number of rotatable bonds is 7. The molecule has 0 atom stereocenters. The number of carbonyl (C=O) groups is 1. The molecule has 1 amide bonds. The molecule has 5 nitrogen and oxygen atoms in total. The number of carbonyl (C=O) groups excluding carboxylic acids is 1. The van der Waals surface area contributed by atoms with Gasteiger partial charge in [-0.3, -0.25) is 4.79 Å². The van der Waals surface area contributed by atoms with Crippen molar-refractivity contribution in [2.45, 2.75) is 25.5 Å². The van der Waals surface area contributed by atoms with E-state index in [-0.39, 0.29) is 24.0 Å². The van der Waals surface area contributed by atoms with Crippen molar-refractivity contribution in [2.24, 2.45) is 0 Å². The first-order valence-electron chi connectivity index (χ1n) is 7.68. The zero-order valence-electron chi connectivity index (χ0n) is 13.0. The molecule has 1 aromatic rings. The number of amides is 1. The zero-order chi connectivity index (χ0) is 16.0. The highest BCUT2D eigenvalue weighted by molar-refractivity contribution is 7.90. The van der Waals surface area contributed by atoms with Crippen molar-refractivity contribution in [3.63, 3.8) is 0 Å². The highest BCUT2D eigenvalue weighted by atomic mass is 32.2. The van der Waals surface area contributed by atoms with Crippen molar-refractivity contribution in [3.05, 3.63) is 35.4 Å². The molecule has 0 aromatic heterocycles. The fraction of sp³-hybridized carbons (Fsp3) is 0.562. The molecule has 122 valence electrons. The summed E-state index contributed by atoms with van der Waals surface area (Å²) in [6.45, 7) is 4.20. The Hall–Kier alpha value is -1.40. The Morgan fingerprint density at radius 2 is 1.82 bits per heavy atom. The second-order valence-electron chi connectivity index (χ2n) is 5.49. The number of sulfone groups is 1. The minimum Gasteiger partial charge on any atom is -0.381 e. The van der Waals surface area contributed by atoms with E-state index in [1.54, 1.807) is 24.3 Å². The Morgan fingerprint density at radius 3 is 2.41 bits per heavy atom. The predicted molar refractivity (Wildman–Crippen MR) is 85.6 cm³/mol. The number of likely N-dealkylation sites (tertiary alicyclic amines) is 1. The molecule has 1 aromatic carbocycles. The van der Waals surface area contributed by atoms with Crippen LogP contribution in [0.25, 0.3) is 0 Å². The third-order valence-electron chi connectivity index (χ3n) is 3.72. The van der Waals surface area contributed by atoms with Gasteiger partial charge in [0, 0.05) is 25.3 Å². The lowest BCUT2D eigenvalue weighted by atomic mass is 10.1. The molecule has 0 bridgehead atoms. The van der Waals surface area contributed by atoms with Crippen LogP contribution in [0.15, 0.2) is 24.3 Å². The van der Waals surface area contributed by atoms with Crippen LogP contribution in [0.5, 0.6) is 0 Å². The van der Waals surface area contributed by atoms with E-state index in [4.69, 9.17) is 4.74 Å². The molecule has 0 unspecified atom stereocenters. The lowest BCUT2D eigenvalue weighted by Crippen LogP contribution is -2.27. The van der Waals surface area contributed by atoms with Crippen LogP contribution in [-0.2, 0) is 20.3 Å². The maximum absolute atomic E-state index is 12.2. The van der Waals surface area contributed by atoms with Crippen LogP contribution in [0.4, 0.5) is 0 Å². The second-order valence-corrected chi connectivity index (χ2v) is 7.67. The van der Waals surface area contributed by atoms with Crippen molar-refractivity contribution in [2.75, 3.05) is 32.1 Å². The van der Waals surface area contributed by atoms with Gasteiger partial charge in [-0.25, -0.2) is 8.42 Å². The van der Waals surface area contributed by atoms with Gasteiger partial charge in [-0.2, -0.15) is 0 Å². The number of hydrogen-bond donors (Lipinski definition) is 0. The molecule has 0 spiro atoms. The van der Waals surface area contributed by atoms with E-state index in [0.29, 0.717) is 17.7 Å². The first-order valence-corrected chi connectivity index (χ1v) is 9.50. The molecule has 22 heavy (non-hydrogen) atoms. The number of benzene rings is 1. The van der Waals surface area contributed by atoms with E-state index in [1.807, 2.05) is 11.8 Å². The first-order chi connectivity index (χ1) is 10.5. The van der Waals surface area contributed by atoms with E-state index < -0.39 is 9.84 Å². The van der Waals surface area contributed by atoms with E-state index in [2.05, 4.69) is 0 Å². The Kier molecular flexibility index (Phi) is 5.97. The van der Waals surface area contributed by atoms with Crippen LogP contribution < -0.4 is 0 Å². The molecule has 2 rings (SSSR count). The van der Waals surface area contributed by atoms with E-state index in [9.17, 15) is 13.2 Å². The van der Waals surface area contributed by atoms with Crippen LogP contribution in [0.2, 0.25) is 0 Å². The largest absolute Gasteiger partial charge is 0.381 e. The second kappa shape index (κ2) is 7.74. The monoisotopic (exact) mass is 325 g/mol. The molecule has 1 heterocycles. The van der Waals surface area contributed by atoms with Gasteiger partial charge in [0.05, 0.1) is 18.1 Å². The summed E-state index contributed by atoms with van der Waals surface area (Å²) in [6, 6.07) is 6.88. The van der Waals surface area contributed by atoms with E-state index in [1.165, 1.54) is 0 Å². The minimum atomic E-state index is -3.18. The van der Waals surface area contributed by atoms with Crippen molar-refractivity contribution < 1.29 is 17.9 Å². The van der Waals surface area contributed by atoms with Crippen LogP contribution in [0.1, 0.15) is 35.7 Å². The summed E-state index contributed by atoms with van der Waals surface area (Å²) in [5, 5.41) is 0. The standard InChI is InChI=1S/C16H23NO4S/c1-2-21-11-12-22(19,20)13-14-5-7-15(8-6-14)16(18)17-9-3-4-10-17/h5-8H,2-4,9-13H2,1H3. The number of ether oxygens (including phenoxy) is 1. The average molecular weight is 325 g/mol. The number of nitrogens with zero attached hydrogens (tertiary/aromatic N) is 1. The Labute approximate surface area is 132 Å². The topological polar surface area (TPSA) is 63.7 Å². The van der Waals surface area contributed by atoms with Crippen LogP contribution >= 0.6 is 0 Å². The highest BCUT2D eigenvalue weighted by Gasteiger charge is 2.19. The quantitative estimate of drug-likeness (QED) is 0.718. The third kappa shape index (κ3) is 4.81. The molecule has 1 aliphatic heterocycles. The van der Waals surface area contributed by atoms with Crippen molar-refractivity contribution in [1.29, 1.82) is 0 Å². The Bertz CT molecular complexity index is 589. The van der Waals surface area contributed by atoms with Crippen molar-refractivity contribution in [3.8, 4) is 0 Å². The normalized spacial score (nSPS) is 15.2. The summed E-state index contributed by atoms with van der Waals surface area (Å²) in [7, 11) is -3.18. The summed E-state index contributed by atoms with van der Waals surface area (Å²) in [4.78, 5) is 14.1. The fourth-order valence-electron chi connectivity index (χ4n) is 2.50. The van der Waals surface area contributed by atoms with Crippen LogP contribution in [-0.4, -0.2) is 51.3 Å². The smallest absolute Gasteiger partial charge is 0.253 e. The summed E-state index contributed by atoms with van der Waals surface area (Å²) >= 11 is 0. The van der Waals surface area contributed by atoms with Gasteiger partial charge in [-0.05, 0) is 37.5 Å². The van der Waals surface area contributed by atoms with Crippen LogP contribution in [0.3, 0.4) is 0 Å². The maximum Gasteiger partial charge on any atom is 0.253 e. The zero-order valence-corrected chi connectivity index (χ0v) is 13.8. The third-order valence-corrected chi connectivity index (χ3v) is 5.29. The van der Waals surface area contributed by atoms with Gasteiger partial charge in [0.2, 0.25) is 0 Å². The van der Waals surface area contributed by atoms with Crippen molar-refractivity contribution in [1.82, 2.24) is 4.90 Å². The summed E-state index contributed by atoms with van der Waals surface area (Å²) in [6.07, 6.45) is 2.11. The fourth-order valence-corrected chi connectivity index (χ4v) is 3.72. The molecule has 1 saturated heterocycles. The molecule has 1 aliphatic rings. The summed E-state index contributed by atoms with van der Waals surface area (Å²) in [5.41, 5.74) is 1.33. The molecule has 1 fully saturated rings. The molecule has 0 radical (unpaired) electrons. The Balaban J connectivity index is 1.95. The van der Waals surface area contributed by atoms with E-state index in [0.717, 1.165) is 25.9 Å². The van der Waals surface area contributed by atoms with Gasteiger partial charge in [0.15, 0.2) is 9.84 Å². The molecular formula is C16H23NO4S. The van der Waals surface area contributed by atoms with Gasteiger partial charge >= 0.3 is 0 Å². The van der Waals surface area contributed by atoms with Gasteiger partial charge < -0.3 is 9.64 Å². The highest BCUT2D eigenvalue weighted by Crippen LogP contribution is 2.15. The van der Waals surface area contributed by atoms with Crippen molar-refractivity contribution >= 4 is 15.7 Å². The molecule has 0 saturated carbocycles. The molecule has 6 heteroatoms. The average Bonchev–Trinajstić information content (AvgIpc) is 3.01. The minimum absolute atomic E-state index is 0.0156. The molecule has 0 N–H and O–H groups in total. The van der Waals surface area contributed by atoms with E-state index >= 15 is 0 Å². The lowest BCUT2D eigenvalue weighted by Gasteiger charge is -2.15. The molecular weight excluding hydrogens is 302 g/mol. The number of hydrogen-bond acceptors (Lipinski definition) is 4. The SMILES string of the molecule is CCOCCS(=O)(=O)Cc1ccc(C(=O)N2CCCC2)cc1. The van der Waals surface area contributed by atoms with Gasteiger partial charge in [0.25, 0.3) is 5.91 Å². The summed E-state index contributed by atoms with van der Waals surface area (Å²) < 4.78 is 29.0. The van der Waals surface area contributed by atoms with Gasteiger partial charge in [-0.15, -0.1) is 0 Å². The predicted octanol–water partition coefficient (Wildman–Crippen LogP) is 1.87. The maximum atomic E-state index is 12.2. The molecule has 0 aliphatic carbocycles.